The minimum Gasteiger partial charge on any atom is -0.444 e. The van der Waals surface area contributed by atoms with Gasteiger partial charge in [0.1, 0.15) is 10.6 Å². The summed E-state index contributed by atoms with van der Waals surface area (Å²) in [5, 5.41) is 18.2. The molecule has 0 atom stereocenters. The van der Waals surface area contributed by atoms with Crippen molar-refractivity contribution in [3.63, 3.8) is 0 Å². The number of hydrogen-bond donors (Lipinski definition) is 3. The maximum absolute atomic E-state index is 11.7. The van der Waals surface area contributed by atoms with Crippen LogP contribution in [0, 0.1) is 10.1 Å². The summed E-state index contributed by atoms with van der Waals surface area (Å²) in [6.07, 6.45) is -0.585. The molecular formula is C14H19ClN4O5. The van der Waals surface area contributed by atoms with Gasteiger partial charge in [0, 0.05) is 24.8 Å². The van der Waals surface area contributed by atoms with Crippen molar-refractivity contribution in [1.82, 2.24) is 10.6 Å². The van der Waals surface area contributed by atoms with Crippen molar-refractivity contribution in [3.8, 4) is 0 Å². The molecule has 0 fully saturated rings. The van der Waals surface area contributed by atoms with Gasteiger partial charge in [-0.05, 0) is 32.9 Å². The van der Waals surface area contributed by atoms with Crippen molar-refractivity contribution in [3.05, 3.63) is 33.3 Å². The first-order valence-electron chi connectivity index (χ1n) is 7.04. The number of rotatable bonds is 5. The van der Waals surface area contributed by atoms with Crippen molar-refractivity contribution in [2.75, 3.05) is 18.4 Å². The van der Waals surface area contributed by atoms with Crippen LogP contribution in [0.25, 0.3) is 0 Å². The van der Waals surface area contributed by atoms with Gasteiger partial charge in [-0.2, -0.15) is 0 Å². The predicted octanol–water partition coefficient (Wildman–Crippen LogP) is 2.89. The summed E-state index contributed by atoms with van der Waals surface area (Å²) in [4.78, 5) is 33.2. The largest absolute Gasteiger partial charge is 0.444 e. The van der Waals surface area contributed by atoms with Gasteiger partial charge in [-0.3, -0.25) is 10.1 Å². The minimum absolute atomic E-state index is 0.0208. The smallest absolute Gasteiger partial charge is 0.407 e. The van der Waals surface area contributed by atoms with Crippen molar-refractivity contribution in [1.29, 1.82) is 0 Å². The number of anilines is 1. The second-order valence-electron chi connectivity index (χ2n) is 5.73. The van der Waals surface area contributed by atoms with Crippen LogP contribution in [0.5, 0.6) is 0 Å². The van der Waals surface area contributed by atoms with E-state index in [0.29, 0.717) is 0 Å². The van der Waals surface area contributed by atoms with Gasteiger partial charge in [0.05, 0.1) is 4.92 Å². The molecule has 0 bridgehead atoms. The summed E-state index contributed by atoms with van der Waals surface area (Å²) in [6, 6.07) is 3.34. The first-order chi connectivity index (χ1) is 11.1. The fourth-order valence-electron chi connectivity index (χ4n) is 1.56. The highest BCUT2D eigenvalue weighted by molar-refractivity contribution is 6.32. The molecule has 0 aromatic heterocycles. The van der Waals surface area contributed by atoms with Crippen LogP contribution in [0.1, 0.15) is 20.8 Å². The highest BCUT2D eigenvalue weighted by Gasteiger charge is 2.16. The lowest BCUT2D eigenvalue weighted by molar-refractivity contribution is -0.384. The molecule has 0 aliphatic heterocycles. The van der Waals surface area contributed by atoms with Crippen LogP contribution in [0.3, 0.4) is 0 Å². The Kier molecular flexibility index (Phi) is 6.78. The maximum atomic E-state index is 11.7. The van der Waals surface area contributed by atoms with E-state index in [9.17, 15) is 19.7 Å². The molecule has 0 saturated heterocycles. The summed E-state index contributed by atoms with van der Waals surface area (Å²) in [5.74, 6) is 0. The first kappa shape index (κ1) is 19.5. The van der Waals surface area contributed by atoms with E-state index in [1.807, 2.05) is 0 Å². The predicted molar refractivity (Wildman–Crippen MR) is 89.4 cm³/mol. The van der Waals surface area contributed by atoms with Gasteiger partial charge in [-0.15, -0.1) is 0 Å². The average Bonchev–Trinajstić information content (AvgIpc) is 2.43. The van der Waals surface area contributed by atoms with E-state index in [4.69, 9.17) is 16.3 Å². The molecule has 3 amide bonds. The van der Waals surface area contributed by atoms with Crippen molar-refractivity contribution < 1.29 is 19.2 Å². The van der Waals surface area contributed by atoms with Crippen molar-refractivity contribution in [2.24, 2.45) is 0 Å². The van der Waals surface area contributed by atoms with Crippen molar-refractivity contribution >= 4 is 35.1 Å². The van der Waals surface area contributed by atoms with E-state index in [1.54, 1.807) is 20.8 Å². The number of ether oxygens (including phenoxy) is 1. The lowest BCUT2D eigenvalue weighted by atomic mass is 10.2. The molecule has 0 heterocycles. The third kappa shape index (κ3) is 7.14. The molecule has 1 aromatic carbocycles. The standard InChI is InChI=1S/C14H19ClN4O5/c1-14(2,3)24-13(21)17-7-6-16-12(20)18-9-4-5-10(15)11(8-9)19(22)23/h4-5,8H,6-7H2,1-3H3,(H,17,21)(H2,16,18,20). The quantitative estimate of drug-likeness (QED) is 0.424. The Morgan fingerprint density at radius 2 is 1.88 bits per heavy atom. The average molecular weight is 359 g/mol. The fraction of sp³-hybridized carbons (Fsp3) is 0.429. The fourth-order valence-corrected chi connectivity index (χ4v) is 1.75. The van der Waals surface area contributed by atoms with Crippen LogP contribution in [-0.2, 0) is 4.74 Å². The number of benzene rings is 1. The number of hydrogen-bond acceptors (Lipinski definition) is 5. The Hall–Kier alpha value is -2.55. The van der Waals surface area contributed by atoms with Gasteiger partial charge in [-0.1, -0.05) is 11.6 Å². The molecule has 24 heavy (non-hydrogen) atoms. The molecule has 1 rings (SSSR count). The van der Waals surface area contributed by atoms with E-state index in [1.165, 1.54) is 12.1 Å². The summed E-state index contributed by atoms with van der Waals surface area (Å²) < 4.78 is 5.03. The zero-order chi connectivity index (χ0) is 18.3. The zero-order valence-corrected chi connectivity index (χ0v) is 14.3. The Bertz CT molecular complexity index is 630. The van der Waals surface area contributed by atoms with Gasteiger partial charge in [0.2, 0.25) is 0 Å². The van der Waals surface area contributed by atoms with E-state index in [-0.39, 0.29) is 29.5 Å². The summed E-state index contributed by atoms with van der Waals surface area (Å²) in [7, 11) is 0. The number of amides is 3. The van der Waals surface area contributed by atoms with Crippen LogP contribution in [0.15, 0.2) is 18.2 Å². The Morgan fingerprint density at radius 3 is 2.46 bits per heavy atom. The monoisotopic (exact) mass is 358 g/mol. The number of halogens is 1. The third-order valence-corrected chi connectivity index (χ3v) is 2.80. The number of nitrogens with zero attached hydrogens (tertiary/aromatic N) is 1. The number of carbonyl (C=O) groups excluding carboxylic acids is 2. The summed E-state index contributed by atoms with van der Waals surface area (Å²) in [5.41, 5.74) is -0.678. The number of nitro benzene ring substituents is 1. The maximum Gasteiger partial charge on any atom is 0.407 e. The minimum atomic E-state index is -0.643. The molecule has 1 aromatic rings. The van der Waals surface area contributed by atoms with E-state index < -0.39 is 22.6 Å². The third-order valence-electron chi connectivity index (χ3n) is 2.48. The summed E-state index contributed by atoms with van der Waals surface area (Å²) >= 11 is 5.68. The molecule has 0 aliphatic rings. The number of alkyl carbamates (subject to hydrolysis) is 1. The van der Waals surface area contributed by atoms with Crippen molar-refractivity contribution in [2.45, 2.75) is 26.4 Å². The van der Waals surface area contributed by atoms with Gasteiger partial charge < -0.3 is 20.7 Å². The molecule has 3 N–H and O–H groups in total. The first-order valence-corrected chi connectivity index (χ1v) is 7.42. The molecule has 0 spiro atoms. The van der Waals surface area contributed by atoms with Crippen LogP contribution in [-0.4, -0.2) is 35.7 Å². The Morgan fingerprint density at radius 1 is 1.25 bits per heavy atom. The second kappa shape index (κ2) is 8.34. The lowest BCUT2D eigenvalue weighted by Gasteiger charge is -2.19. The molecule has 10 heteroatoms. The molecule has 0 aliphatic carbocycles. The molecule has 0 saturated carbocycles. The summed E-state index contributed by atoms with van der Waals surface area (Å²) in [6.45, 7) is 5.54. The van der Waals surface area contributed by atoms with E-state index in [0.717, 1.165) is 6.07 Å². The molecule has 0 radical (unpaired) electrons. The topological polar surface area (TPSA) is 123 Å². The molecule has 0 unspecified atom stereocenters. The number of carbonyl (C=O) groups is 2. The van der Waals surface area contributed by atoms with Gasteiger partial charge in [-0.25, -0.2) is 9.59 Å². The Labute approximate surface area is 143 Å². The van der Waals surface area contributed by atoms with Crippen LogP contribution >= 0.6 is 11.6 Å². The number of urea groups is 1. The highest BCUT2D eigenvalue weighted by atomic mass is 35.5. The van der Waals surface area contributed by atoms with Gasteiger partial charge in [0.15, 0.2) is 0 Å². The van der Waals surface area contributed by atoms with Crippen LogP contribution in [0.2, 0.25) is 5.02 Å². The van der Waals surface area contributed by atoms with Gasteiger partial charge >= 0.3 is 12.1 Å². The number of nitrogens with one attached hydrogen (secondary N) is 3. The van der Waals surface area contributed by atoms with Gasteiger partial charge in [0.25, 0.3) is 5.69 Å². The zero-order valence-electron chi connectivity index (χ0n) is 13.5. The highest BCUT2D eigenvalue weighted by Crippen LogP contribution is 2.27. The van der Waals surface area contributed by atoms with E-state index >= 15 is 0 Å². The Balaban J connectivity index is 2.38. The molecule has 9 nitrogen and oxygen atoms in total. The lowest BCUT2D eigenvalue weighted by Crippen LogP contribution is -2.39. The van der Waals surface area contributed by atoms with Crippen LogP contribution < -0.4 is 16.0 Å². The molecular weight excluding hydrogens is 340 g/mol. The second-order valence-corrected chi connectivity index (χ2v) is 6.14. The SMILES string of the molecule is CC(C)(C)OC(=O)NCCNC(=O)Nc1ccc(Cl)c([N+](=O)[O-])c1. The normalized spacial score (nSPS) is 10.7. The van der Waals surface area contributed by atoms with E-state index in [2.05, 4.69) is 16.0 Å². The molecule has 132 valence electrons. The number of nitro groups is 1. The van der Waals surface area contributed by atoms with Crippen LogP contribution in [0.4, 0.5) is 21.0 Å².